The van der Waals surface area contributed by atoms with Crippen LogP contribution in [0.2, 0.25) is 0 Å². The molecule has 1 N–H and O–H groups in total. The van der Waals surface area contributed by atoms with Gasteiger partial charge in [0.2, 0.25) is 0 Å². The Labute approximate surface area is 111 Å². The summed E-state index contributed by atoms with van der Waals surface area (Å²) in [4.78, 5) is 0. The Morgan fingerprint density at radius 3 is 2.83 bits per heavy atom. The highest BCUT2D eigenvalue weighted by Gasteiger charge is 2.19. The molecule has 0 saturated heterocycles. The van der Waals surface area contributed by atoms with E-state index in [1.165, 1.54) is 37.8 Å². The number of unbranched alkanes of at least 4 members (excludes halogenated alkanes) is 1. The molecule has 18 heavy (non-hydrogen) atoms. The van der Waals surface area contributed by atoms with Gasteiger partial charge in [0.1, 0.15) is 5.75 Å². The van der Waals surface area contributed by atoms with Crippen LogP contribution in [0.5, 0.6) is 5.75 Å². The van der Waals surface area contributed by atoms with Crippen molar-refractivity contribution in [2.45, 2.75) is 58.1 Å². The molecule has 1 aromatic carbocycles. The highest BCUT2D eigenvalue weighted by atomic mass is 16.5. The summed E-state index contributed by atoms with van der Waals surface area (Å²) in [5, 5.41) is 3.56. The average molecular weight is 247 g/mol. The molecule has 1 fully saturated rings. The van der Waals surface area contributed by atoms with Gasteiger partial charge in [0.25, 0.3) is 0 Å². The van der Waals surface area contributed by atoms with Gasteiger partial charge in [0.05, 0.1) is 6.10 Å². The van der Waals surface area contributed by atoms with Crippen molar-refractivity contribution in [1.29, 1.82) is 0 Å². The summed E-state index contributed by atoms with van der Waals surface area (Å²) in [6.45, 7) is 5.30. The van der Waals surface area contributed by atoms with Crippen molar-refractivity contribution in [3.63, 3.8) is 0 Å². The van der Waals surface area contributed by atoms with Crippen LogP contribution in [0.15, 0.2) is 24.3 Å². The van der Waals surface area contributed by atoms with Gasteiger partial charge in [0.15, 0.2) is 0 Å². The maximum atomic E-state index is 5.71. The first-order valence-electron chi connectivity index (χ1n) is 7.23. The Bertz CT molecular complexity index is 358. The van der Waals surface area contributed by atoms with Crippen LogP contribution in [0.1, 0.15) is 45.1 Å². The third-order valence-electron chi connectivity index (χ3n) is 3.17. The van der Waals surface area contributed by atoms with Crippen LogP contribution >= 0.6 is 0 Å². The molecule has 100 valence electrons. The van der Waals surface area contributed by atoms with Crippen LogP contribution in [0, 0.1) is 0 Å². The van der Waals surface area contributed by atoms with Gasteiger partial charge in [-0.25, -0.2) is 0 Å². The largest absolute Gasteiger partial charge is 0.491 e. The van der Waals surface area contributed by atoms with Crippen LogP contribution in [-0.2, 0) is 6.42 Å². The van der Waals surface area contributed by atoms with Crippen LogP contribution in [-0.4, -0.2) is 18.7 Å². The van der Waals surface area contributed by atoms with Crippen molar-refractivity contribution in [3.8, 4) is 5.75 Å². The second-order valence-electron chi connectivity index (χ2n) is 5.50. The lowest BCUT2D eigenvalue weighted by atomic mass is 10.1. The fourth-order valence-corrected chi connectivity index (χ4v) is 2.09. The van der Waals surface area contributed by atoms with Crippen molar-refractivity contribution in [2.24, 2.45) is 0 Å². The maximum absolute atomic E-state index is 5.71. The first-order valence-corrected chi connectivity index (χ1v) is 7.23. The minimum atomic E-state index is 0.253. The minimum absolute atomic E-state index is 0.253. The smallest absolute Gasteiger partial charge is 0.119 e. The molecule has 1 aliphatic rings. The zero-order valence-electron chi connectivity index (χ0n) is 11.6. The first kappa shape index (κ1) is 13.4. The molecule has 0 radical (unpaired) electrons. The van der Waals surface area contributed by atoms with Crippen molar-refractivity contribution >= 4 is 0 Å². The van der Waals surface area contributed by atoms with Crippen LogP contribution in [0.3, 0.4) is 0 Å². The average Bonchev–Trinajstić information content (AvgIpc) is 3.12. The van der Waals surface area contributed by atoms with Gasteiger partial charge in [0, 0.05) is 6.04 Å². The van der Waals surface area contributed by atoms with E-state index < -0.39 is 0 Å². The van der Waals surface area contributed by atoms with E-state index in [1.54, 1.807) is 0 Å². The zero-order chi connectivity index (χ0) is 12.8. The number of rotatable bonds is 8. The summed E-state index contributed by atoms with van der Waals surface area (Å²) in [7, 11) is 0. The molecule has 1 aliphatic carbocycles. The standard InChI is InChI=1S/C16H25NO/c1-13(2)18-16-8-5-7-14(12-16)6-3-4-11-17-15-9-10-15/h5,7-8,12-13,15,17H,3-4,6,9-11H2,1-2H3. The topological polar surface area (TPSA) is 21.3 Å². The molecule has 0 atom stereocenters. The van der Waals surface area contributed by atoms with Crippen molar-refractivity contribution in [1.82, 2.24) is 5.32 Å². The van der Waals surface area contributed by atoms with Gasteiger partial charge in [-0.15, -0.1) is 0 Å². The molecule has 2 heteroatoms. The third-order valence-corrected chi connectivity index (χ3v) is 3.17. The third kappa shape index (κ3) is 5.09. The van der Waals surface area contributed by atoms with E-state index in [4.69, 9.17) is 4.74 Å². The lowest BCUT2D eigenvalue weighted by molar-refractivity contribution is 0.242. The van der Waals surface area contributed by atoms with Gasteiger partial charge < -0.3 is 10.1 Å². The zero-order valence-corrected chi connectivity index (χ0v) is 11.6. The minimum Gasteiger partial charge on any atom is -0.491 e. The maximum Gasteiger partial charge on any atom is 0.119 e. The predicted octanol–water partition coefficient (Wildman–Crippen LogP) is 3.55. The molecule has 0 spiro atoms. The normalized spacial score (nSPS) is 15.1. The number of hydrogen-bond acceptors (Lipinski definition) is 2. The van der Waals surface area contributed by atoms with Crippen molar-refractivity contribution in [2.75, 3.05) is 6.54 Å². The van der Waals surface area contributed by atoms with E-state index in [1.807, 2.05) is 6.07 Å². The number of aryl methyl sites for hydroxylation is 1. The molecule has 0 aliphatic heterocycles. The predicted molar refractivity (Wildman–Crippen MR) is 76.2 cm³/mol. The fraction of sp³-hybridized carbons (Fsp3) is 0.625. The van der Waals surface area contributed by atoms with Crippen LogP contribution in [0.4, 0.5) is 0 Å². The molecule has 0 bridgehead atoms. The molecule has 0 unspecified atom stereocenters. The highest BCUT2D eigenvalue weighted by Crippen LogP contribution is 2.19. The number of ether oxygens (including phenoxy) is 1. The van der Waals surface area contributed by atoms with Crippen molar-refractivity contribution < 1.29 is 4.74 Å². The quantitative estimate of drug-likeness (QED) is 0.709. The Hall–Kier alpha value is -1.02. The van der Waals surface area contributed by atoms with E-state index >= 15 is 0 Å². The van der Waals surface area contributed by atoms with E-state index in [9.17, 15) is 0 Å². The van der Waals surface area contributed by atoms with Crippen LogP contribution in [0.25, 0.3) is 0 Å². The Balaban J connectivity index is 1.67. The Morgan fingerprint density at radius 2 is 2.11 bits per heavy atom. The Kier molecular flexibility index (Phi) is 5.06. The number of benzene rings is 1. The summed E-state index contributed by atoms with van der Waals surface area (Å²) in [6.07, 6.45) is 6.70. The monoisotopic (exact) mass is 247 g/mol. The molecular weight excluding hydrogens is 222 g/mol. The highest BCUT2D eigenvalue weighted by molar-refractivity contribution is 5.28. The molecule has 2 nitrogen and oxygen atoms in total. The summed E-state index contributed by atoms with van der Waals surface area (Å²) < 4.78 is 5.71. The summed E-state index contributed by atoms with van der Waals surface area (Å²) in [5.74, 6) is 0.999. The number of nitrogens with one attached hydrogen (secondary N) is 1. The van der Waals surface area contributed by atoms with Gasteiger partial charge in [-0.1, -0.05) is 12.1 Å². The number of hydrogen-bond donors (Lipinski definition) is 1. The van der Waals surface area contributed by atoms with Crippen LogP contribution < -0.4 is 10.1 Å². The van der Waals surface area contributed by atoms with Crippen molar-refractivity contribution in [3.05, 3.63) is 29.8 Å². The second kappa shape index (κ2) is 6.79. The first-order chi connectivity index (χ1) is 8.74. The lowest BCUT2D eigenvalue weighted by Gasteiger charge is -2.11. The molecular formula is C16H25NO. The SMILES string of the molecule is CC(C)Oc1cccc(CCCCNC2CC2)c1. The molecule has 0 heterocycles. The van der Waals surface area contributed by atoms with Gasteiger partial charge >= 0.3 is 0 Å². The molecule has 0 aromatic heterocycles. The summed E-state index contributed by atoms with van der Waals surface area (Å²) in [6, 6.07) is 9.34. The van der Waals surface area contributed by atoms with Gasteiger partial charge in [-0.05, 0) is 70.2 Å². The van der Waals surface area contributed by atoms with E-state index in [2.05, 4.69) is 37.4 Å². The van der Waals surface area contributed by atoms with Gasteiger partial charge in [-0.2, -0.15) is 0 Å². The van der Waals surface area contributed by atoms with E-state index in [-0.39, 0.29) is 6.10 Å². The van der Waals surface area contributed by atoms with E-state index in [0.717, 1.165) is 18.2 Å². The Morgan fingerprint density at radius 1 is 1.28 bits per heavy atom. The fourth-order valence-electron chi connectivity index (χ4n) is 2.09. The molecule has 2 rings (SSSR count). The molecule has 1 saturated carbocycles. The molecule has 1 aromatic rings. The summed E-state index contributed by atoms with van der Waals surface area (Å²) >= 11 is 0. The van der Waals surface area contributed by atoms with E-state index in [0.29, 0.717) is 0 Å². The summed E-state index contributed by atoms with van der Waals surface area (Å²) in [5.41, 5.74) is 1.39. The van der Waals surface area contributed by atoms with Gasteiger partial charge in [-0.3, -0.25) is 0 Å². The molecule has 0 amide bonds. The second-order valence-corrected chi connectivity index (χ2v) is 5.50. The lowest BCUT2D eigenvalue weighted by Crippen LogP contribution is -2.17.